The molecule has 0 saturated heterocycles. The summed E-state index contributed by atoms with van der Waals surface area (Å²) in [5.41, 5.74) is 0.220. The van der Waals surface area contributed by atoms with Gasteiger partial charge in [-0.2, -0.15) is 0 Å². The molecule has 0 bridgehead atoms. The molecule has 0 fully saturated rings. The number of nitrogens with zero attached hydrogens (tertiary/aromatic N) is 3. The Morgan fingerprint density at radius 2 is 1.86 bits per heavy atom. The van der Waals surface area contributed by atoms with E-state index in [1.807, 2.05) is 0 Å². The molecule has 0 saturated carbocycles. The van der Waals surface area contributed by atoms with Crippen molar-refractivity contribution in [1.29, 1.82) is 0 Å². The summed E-state index contributed by atoms with van der Waals surface area (Å²) < 4.78 is 26.3. The van der Waals surface area contributed by atoms with Crippen LogP contribution in [0, 0.1) is 0 Å². The molecule has 0 aromatic carbocycles. The number of amides is 1. The highest BCUT2D eigenvalue weighted by Crippen LogP contribution is 2.29. The second-order valence-electron chi connectivity index (χ2n) is 4.32. The molecule has 0 radical (unpaired) electrons. The predicted octanol–water partition coefficient (Wildman–Crippen LogP) is 1.91. The van der Waals surface area contributed by atoms with Crippen LogP contribution in [0.2, 0.25) is 5.15 Å². The smallest absolute Gasteiger partial charge is 0.267 e. The van der Waals surface area contributed by atoms with E-state index in [-0.39, 0.29) is 27.5 Å². The molecule has 0 spiro atoms. The van der Waals surface area contributed by atoms with Crippen molar-refractivity contribution < 1.29 is 13.2 Å². The molecule has 2 aromatic heterocycles. The summed E-state index contributed by atoms with van der Waals surface area (Å²) in [5.74, 6) is -0.216. The Balaban J connectivity index is 2.50. The molecule has 1 amide bonds. The summed E-state index contributed by atoms with van der Waals surface area (Å²) in [5, 5.41) is 2.36. The molecular formula is C13H13ClN4O3S. The lowest BCUT2D eigenvalue weighted by Gasteiger charge is -2.21. The van der Waals surface area contributed by atoms with Gasteiger partial charge in [-0.25, -0.2) is 18.4 Å². The standard InChI is InChI=1S/C13H13ClN4O3S/c1-9(19)17-13-10(5-3-8-16-13)18(2)22(20,21)11-6-4-7-15-12(11)14/h3-8H,1-2H3,(H,16,17,19). The number of carbonyl (C=O) groups is 1. The Hall–Kier alpha value is -2.19. The number of pyridine rings is 2. The summed E-state index contributed by atoms with van der Waals surface area (Å²) >= 11 is 5.86. The molecule has 0 aliphatic rings. The van der Waals surface area contributed by atoms with Gasteiger partial charge < -0.3 is 5.32 Å². The third-order valence-corrected chi connectivity index (χ3v) is 5.00. The van der Waals surface area contributed by atoms with Gasteiger partial charge in [-0.1, -0.05) is 11.6 Å². The molecule has 9 heteroatoms. The molecule has 1 N–H and O–H groups in total. The van der Waals surface area contributed by atoms with Crippen LogP contribution in [-0.2, 0) is 14.8 Å². The number of rotatable bonds is 4. The third kappa shape index (κ3) is 3.18. The van der Waals surface area contributed by atoms with E-state index in [1.165, 1.54) is 44.6 Å². The molecule has 0 unspecified atom stereocenters. The van der Waals surface area contributed by atoms with Crippen LogP contribution >= 0.6 is 11.6 Å². The number of aromatic nitrogens is 2. The van der Waals surface area contributed by atoms with Gasteiger partial charge >= 0.3 is 0 Å². The Kier molecular flexibility index (Phi) is 4.62. The predicted molar refractivity (Wildman–Crippen MR) is 83.4 cm³/mol. The van der Waals surface area contributed by atoms with E-state index in [0.717, 1.165) is 4.31 Å². The van der Waals surface area contributed by atoms with Gasteiger partial charge in [0.1, 0.15) is 10.0 Å². The normalized spacial score (nSPS) is 11.0. The van der Waals surface area contributed by atoms with Crippen LogP contribution in [0.25, 0.3) is 0 Å². The number of hydrogen-bond donors (Lipinski definition) is 1. The molecule has 22 heavy (non-hydrogen) atoms. The first-order chi connectivity index (χ1) is 10.3. The molecule has 116 valence electrons. The Morgan fingerprint density at radius 3 is 2.50 bits per heavy atom. The highest BCUT2D eigenvalue weighted by molar-refractivity contribution is 7.93. The topological polar surface area (TPSA) is 92.3 Å². The van der Waals surface area contributed by atoms with E-state index >= 15 is 0 Å². The van der Waals surface area contributed by atoms with Gasteiger partial charge in [0.15, 0.2) is 5.82 Å². The van der Waals surface area contributed by atoms with E-state index in [9.17, 15) is 13.2 Å². The summed E-state index contributed by atoms with van der Waals surface area (Å²) in [4.78, 5) is 18.8. The molecule has 2 aromatic rings. The first kappa shape index (κ1) is 16.2. The first-order valence-corrected chi connectivity index (χ1v) is 7.98. The summed E-state index contributed by atoms with van der Waals surface area (Å²) in [7, 11) is -2.59. The third-order valence-electron chi connectivity index (χ3n) is 2.78. The fourth-order valence-electron chi connectivity index (χ4n) is 1.75. The summed E-state index contributed by atoms with van der Waals surface area (Å²) in [6, 6.07) is 5.93. The first-order valence-electron chi connectivity index (χ1n) is 6.16. The van der Waals surface area contributed by atoms with Crippen LogP contribution in [0.4, 0.5) is 11.5 Å². The maximum atomic E-state index is 12.7. The SMILES string of the molecule is CC(=O)Nc1ncccc1N(C)S(=O)(=O)c1cccnc1Cl. The molecule has 0 aliphatic heterocycles. The van der Waals surface area contributed by atoms with Gasteiger partial charge in [0.05, 0.1) is 5.69 Å². The van der Waals surface area contributed by atoms with Crippen LogP contribution < -0.4 is 9.62 Å². The fraction of sp³-hybridized carbons (Fsp3) is 0.154. The lowest BCUT2D eigenvalue weighted by Crippen LogP contribution is -2.28. The lowest BCUT2D eigenvalue weighted by molar-refractivity contribution is -0.114. The summed E-state index contributed by atoms with van der Waals surface area (Å²) in [6.07, 6.45) is 2.85. The van der Waals surface area contributed by atoms with E-state index in [1.54, 1.807) is 6.07 Å². The molecule has 2 rings (SSSR count). The van der Waals surface area contributed by atoms with Crippen LogP contribution in [0.5, 0.6) is 0 Å². The van der Waals surface area contributed by atoms with Crippen molar-refractivity contribution in [2.45, 2.75) is 11.8 Å². The van der Waals surface area contributed by atoms with E-state index < -0.39 is 10.0 Å². The molecule has 0 aliphatic carbocycles. The zero-order valence-electron chi connectivity index (χ0n) is 11.8. The maximum absolute atomic E-state index is 12.7. The van der Waals surface area contributed by atoms with Gasteiger partial charge in [0.2, 0.25) is 5.91 Å². The van der Waals surface area contributed by atoms with Crippen molar-refractivity contribution in [2.75, 3.05) is 16.7 Å². The van der Waals surface area contributed by atoms with Gasteiger partial charge in [0, 0.05) is 26.4 Å². The van der Waals surface area contributed by atoms with E-state index in [4.69, 9.17) is 11.6 Å². The average molecular weight is 341 g/mol. The van der Waals surface area contributed by atoms with Crippen LogP contribution in [-0.4, -0.2) is 31.3 Å². The number of hydrogen-bond acceptors (Lipinski definition) is 5. The quantitative estimate of drug-likeness (QED) is 0.858. The second kappa shape index (κ2) is 6.29. The molecule has 0 atom stereocenters. The zero-order valence-corrected chi connectivity index (χ0v) is 13.4. The fourth-order valence-corrected chi connectivity index (χ4v) is 3.38. The Bertz CT molecular complexity index is 810. The minimum Gasteiger partial charge on any atom is -0.309 e. The van der Waals surface area contributed by atoms with E-state index in [2.05, 4.69) is 15.3 Å². The van der Waals surface area contributed by atoms with Crippen molar-refractivity contribution in [3.05, 3.63) is 41.8 Å². The Labute approximate surface area is 133 Å². The highest BCUT2D eigenvalue weighted by atomic mass is 35.5. The minimum atomic E-state index is -3.93. The van der Waals surface area contributed by atoms with Crippen molar-refractivity contribution >= 4 is 39.0 Å². The Morgan fingerprint density at radius 1 is 1.23 bits per heavy atom. The molecular weight excluding hydrogens is 328 g/mol. The average Bonchev–Trinajstić information content (AvgIpc) is 2.46. The minimum absolute atomic E-state index is 0.126. The lowest BCUT2D eigenvalue weighted by atomic mass is 10.4. The molecule has 7 nitrogen and oxygen atoms in total. The number of halogens is 1. The number of sulfonamides is 1. The number of carbonyl (C=O) groups excluding carboxylic acids is 1. The monoisotopic (exact) mass is 340 g/mol. The van der Waals surface area contributed by atoms with Crippen molar-refractivity contribution in [3.63, 3.8) is 0 Å². The van der Waals surface area contributed by atoms with Crippen LogP contribution in [0.1, 0.15) is 6.92 Å². The van der Waals surface area contributed by atoms with Gasteiger partial charge in [-0.15, -0.1) is 0 Å². The maximum Gasteiger partial charge on any atom is 0.267 e. The highest BCUT2D eigenvalue weighted by Gasteiger charge is 2.26. The largest absolute Gasteiger partial charge is 0.309 e. The summed E-state index contributed by atoms with van der Waals surface area (Å²) in [6.45, 7) is 1.31. The van der Waals surface area contributed by atoms with Crippen molar-refractivity contribution in [3.8, 4) is 0 Å². The van der Waals surface area contributed by atoms with Gasteiger partial charge in [-0.3, -0.25) is 9.10 Å². The number of nitrogens with one attached hydrogen (secondary N) is 1. The van der Waals surface area contributed by atoms with Gasteiger partial charge in [-0.05, 0) is 24.3 Å². The number of anilines is 2. The molecule has 2 heterocycles. The van der Waals surface area contributed by atoms with Crippen LogP contribution in [0.15, 0.2) is 41.6 Å². The van der Waals surface area contributed by atoms with E-state index in [0.29, 0.717) is 0 Å². The second-order valence-corrected chi connectivity index (χ2v) is 6.61. The van der Waals surface area contributed by atoms with Crippen LogP contribution in [0.3, 0.4) is 0 Å². The zero-order chi connectivity index (χ0) is 16.3. The van der Waals surface area contributed by atoms with Crippen molar-refractivity contribution in [2.24, 2.45) is 0 Å². The van der Waals surface area contributed by atoms with Gasteiger partial charge in [0.25, 0.3) is 10.0 Å². The van der Waals surface area contributed by atoms with Crippen molar-refractivity contribution in [1.82, 2.24) is 9.97 Å².